The van der Waals surface area contributed by atoms with Crippen molar-refractivity contribution in [3.8, 4) is 0 Å². The molecule has 1 amide bonds. The topological polar surface area (TPSA) is 53.0 Å². The Morgan fingerprint density at radius 3 is 2.76 bits per heavy atom. The number of likely N-dealkylation sites (N-methyl/N-ethyl adjacent to an activating group) is 1. The number of amides is 1. The fourth-order valence-corrected chi connectivity index (χ4v) is 3.54. The van der Waals surface area contributed by atoms with Gasteiger partial charge in [0.1, 0.15) is 0 Å². The van der Waals surface area contributed by atoms with Crippen LogP contribution in [0.2, 0.25) is 0 Å². The molecule has 1 atom stereocenters. The molecule has 5 nitrogen and oxygen atoms in total. The van der Waals surface area contributed by atoms with Gasteiger partial charge in [-0.1, -0.05) is 6.92 Å². The van der Waals surface area contributed by atoms with Gasteiger partial charge in [0.2, 0.25) is 5.91 Å². The van der Waals surface area contributed by atoms with Gasteiger partial charge < -0.3 is 14.7 Å². The Morgan fingerprint density at radius 2 is 2.10 bits per heavy atom. The van der Waals surface area contributed by atoms with Gasteiger partial charge in [-0.15, -0.1) is 0 Å². The van der Waals surface area contributed by atoms with Crippen molar-refractivity contribution in [2.24, 2.45) is 0 Å². The van der Waals surface area contributed by atoms with Gasteiger partial charge in [0.25, 0.3) is 0 Å². The Labute approximate surface area is 128 Å². The Balaban J connectivity index is 1.83. The number of hydrogen-bond acceptors (Lipinski definition) is 4. The molecule has 1 N–H and O–H groups in total. The van der Waals surface area contributed by atoms with Crippen LogP contribution in [-0.4, -0.2) is 72.4 Å². The normalized spacial score (nSPS) is 26.1. The first-order chi connectivity index (χ1) is 10.0. The number of hydrogen-bond donors (Lipinski definition) is 1. The fourth-order valence-electron chi connectivity index (χ4n) is 3.54. The summed E-state index contributed by atoms with van der Waals surface area (Å²) in [4.78, 5) is 16.5. The van der Waals surface area contributed by atoms with Gasteiger partial charge in [-0.25, -0.2) is 0 Å². The molecule has 0 bridgehead atoms. The van der Waals surface area contributed by atoms with Crippen molar-refractivity contribution in [3.63, 3.8) is 0 Å². The molecule has 0 radical (unpaired) electrons. The fraction of sp³-hybridized carbons (Fsp3) is 0.938. The molecule has 0 aromatic rings. The van der Waals surface area contributed by atoms with Crippen molar-refractivity contribution >= 4 is 5.91 Å². The highest BCUT2D eigenvalue weighted by molar-refractivity contribution is 5.78. The second-order valence-corrected chi connectivity index (χ2v) is 6.65. The zero-order chi connectivity index (χ0) is 15.3. The summed E-state index contributed by atoms with van der Waals surface area (Å²) in [5.41, 5.74) is -0.695. The smallest absolute Gasteiger partial charge is 0.236 e. The van der Waals surface area contributed by atoms with E-state index in [9.17, 15) is 9.90 Å². The van der Waals surface area contributed by atoms with E-state index >= 15 is 0 Å². The van der Waals surface area contributed by atoms with E-state index in [0.717, 1.165) is 25.8 Å². The van der Waals surface area contributed by atoms with Crippen LogP contribution in [0.3, 0.4) is 0 Å². The van der Waals surface area contributed by atoms with Gasteiger partial charge in [-0.05, 0) is 32.7 Å². The minimum absolute atomic E-state index is 0.208. The number of aliphatic hydroxyl groups is 1. The second-order valence-electron chi connectivity index (χ2n) is 6.65. The first-order valence-corrected chi connectivity index (χ1v) is 8.32. The molecule has 1 unspecified atom stereocenters. The molecule has 21 heavy (non-hydrogen) atoms. The third-order valence-corrected chi connectivity index (χ3v) is 4.81. The number of ether oxygens (including phenoxy) is 1. The first-order valence-electron chi connectivity index (χ1n) is 8.32. The van der Waals surface area contributed by atoms with Gasteiger partial charge in [0.15, 0.2) is 0 Å². The molecular formula is C16H30N2O3. The molecule has 0 aromatic carbocycles. The monoisotopic (exact) mass is 298 g/mol. The van der Waals surface area contributed by atoms with Crippen LogP contribution >= 0.6 is 0 Å². The van der Waals surface area contributed by atoms with Gasteiger partial charge >= 0.3 is 0 Å². The lowest BCUT2D eigenvalue weighted by Gasteiger charge is -2.38. The van der Waals surface area contributed by atoms with E-state index in [2.05, 4.69) is 6.92 Å². The van der Waals surface area contributed by atoms with Crippen LogP contribution in [0.25, 0.3) is 0 Å². The van der Waals surface area contributed by atoms with Crippen LogP contribution < -0.4 is 0 Å². The summed E-state index contributed by atoms with van der Waals surface area (Å²) in [6, 6.07) is 0.408. The number of rotatable bonds is 5. The van der Waals surface area contributed by atoms with Crippen molar-refractivity contribution in [3.05, 3.63) is 0 Å². The van der Waals surface area contributed by atoms with Gasteiger partial charge in [0.05, 0.1) is 12.1 Å². The van der Waals surface area contributed by atoms with Crippen molar-refractivity contribution in [2.75, 3.05) is 39.9 Å². The third kappa shape index (κ3) is 4.66. The van der Waals surface area contributed by atoms with E-state index in [-0.39, 0.29) is 5.91 Å². The number of carbonyl (C=O) groups is 1. The van der Waals surface area contributed by atoms with Crippen LogP contribution in [0.5, 0.6) is 0 Å². The number of piperidine rings is 1. The van der Waals surface area contributed by atoms with Gasteiger partial charge in [0, 0.05) is 45.2 Å². The molecule has 0 spiro atoms. The summed E-state index contributed by atoms with van der Waals surface area (Å²) in [7, 11) is 1.93. The van der Waals surface area contributed by atoms with Crippen LogP contribution in [-0.2, 0) is 9.53 Å². The number of nitrogens with zero attached hydrogens (tertiary/aromatic N) is 2. The molecule has 2 heterocycles. The Hall–Kier alpha value is -0.650. The number of carbonyl (C=O) groups excluding carboxylic acids is 1. The molecule has 5 heteroatoms. The maximum Gasteiger partial charge on any atom is 0.236 e. The van der Waals surface area contributed by atoms with Crippen LogP contribution in [0.1, 0.15) is 45.4 Å². The van der Waals surface area contributed by atoms with Crippen molar-refractivity contribution in [1.29, 1.82) is 0 Å². The lowest BCUT2D eigenvalue weighted by Crippen LogP contribution is -2.51. The van der Waals surface area contributed by atoms with Crippen LogP contribution in [0, 0.1) is 0 Å². The molecule has 2 fully saturated rings. The van der Waals surface area contributed by atoms with E-state index in [0.29, 0.717) is 45.2 Å². The van der Waals surface area contributed by atoms with Crippen LogP contribution in [0.4, 0.5) is 0 Å². The minimum atomic E-state index is -0.695. The van der Waals surface area contributed by atoms with Gasteiger partial charge in [-0.2, -0.15) is 0 Å². The molecule has 2 rings (SSSR count). The Bertz CT molecular complexity index is 342. The highest BCUT2D eigenvalue weighted by Gasteiger charge is 2.32. The maximum atomic E-state index is 12.5. The van der Waals surface area contributed by atoms with E-state index < -0.39 is 5.60 Å². The Morgan fingerprint density at radius 1 is 1.38 bits per heavy atom. The van der Waals surface area contributed by atoms with E-state index in [1.54, 1.807) is 0 Å². The molecule has 2 aliphatic rings. The minimum Gasteiger partial charge on any atom is -0.388 e. The SMILES string of the molecule is CCC1CCCCN1C(=O)CN(C)CC1(O)CCOCC1. The summed E-state index contributed by atoms with van der Waals surface area (Å²) < 4.78 is 5.30. The lowest BCUT2D eigenvalue weighted by atomic mass is 9.94. The van der Waals surface area contributed by atoms with Crippen LogP contribution in [0.15, 0.2) is 0 Å². The largest absolute Gasteiger partial charge is 0.388 e. The van der Waals surface area contributed by atoms with Gasteiger partial charge in [-0.3, -0.25) is 9.69 Å². The van der Waals surface area contributed by atoms with Crippen molar-refractivity contribution < 1.29 is 14.6 Å². The predicted octanol–water partition coefficient (Wildman–Crippen LogP) is 1.25. The highest BCUT2D eigenvalue weighted by atomic mass is 16.5. The maximum absolute atomic E-state index is 12.5. The molecule has 0 aliphatic carbocycles. The second kappa shape index (κ2) is 7.56. The quantitative estimate of drug-likeness (QED) is 0.830. The summed E-state index contributed by atoms with van der Waals surface area (Å²) >= 11 is 0. The molecule has 2 aliphatic heterocycles. The van der Waals surface area contributed by atoms with E-state index in [1.165, 1.54) is 6.42 Å². The zero-order valence-electron chi connectivity index (χ0n) is 13.5. The standard InChI is InChI=1S/C16H30N2O3/c1-3-14-6-4-5-9-18(14)15(19)12-17(2)13-16(20)7-10-21-11-8-16/h14,20H,3-13H2,1-2H3. The first kappa shape index (κ1) is 16.7. The third-order valence-electron chi connectivity index (χ3n) is 4.81. The number of likely N-dealkylation sites (tertiary alicyclic amines) is 1. The Kier molecular flexibility index (Phi) is 6.02. The molecule has 2 saturated heterocycles. The molecular weight excluding hydrogens is 268 g/mol. The average molecular weight is 298 g/mol. The summed E-state index contributed by atoms with van der Waals surface area (Å²) in [6.45, 7) is 5.23. The molecule has 0 aromatic heterocycles. The van der Waals surface area contributed by atoms with E-state index in [4.69, 9.17) is 4.74 Å². The highest BCUT2D eigenvalue weighted by Crippen LogP contribution is 2.22. The van der Waals surface area contributed by atoms with Crippen molar-refractivity contribution in [2.45, 2.75) is 57.1 Å². The molecule has 0 saturated carbocycles. The zero-order valence-corrected chi connectivity index (χ0v) is 13.5. The summed E-state index contributed by atoms with van der Waals surface area (Å²) in [5.74, 6) is 0.208. The molecule has 122 valence electrons. The summed E-state index contributed by atoms with van der Waals surface area (Å²) in [5, 5.41) is 10.5. The lowest BCUT2D eigenvalue weighted by molar-refractivity contribution is -0.137. The van der Waals surface area contributed by atoms with Crippen molar-refractivity contribution in [1.82, 2.24) is 9.80 Å². The predicted molar refractivity (Wildman–Crippen MR) is 82.1 cm³/mol. The summed E-state index contributed by atoms with van der Waals surface area (Å²) in [6.07, 6.45) is 5.84. The average Bonchev–Trinajstić information content (AvgIpc) is 2.47. The van der Waals surface area contributed by atoms with E-state index in [1.807, 2.05) is 16.8 Å².